The van der Waals surface area contributed by atoms with Crippen molar-refractivity contribution in [2.45, 2.75) is 59.0 Å². The zero-order chi connectivity index (χ0) is 36.0. The molecular formula is C42H47N5O3Si. The van der Waals surface area contributed by atoms with Crippen LogP contribution in [0.15, 0.2) is 97.1 Å². The van der Waals surface area contributed by atoms with Crippen LogP contribution >= 0.6 is 0 Å². The van der Waals surface area contributed by atoms with Crippen LogP contribution in [0.4, 0.5) is 11.5 Å². The second-order valence-corrected chi connectivity index (χ2v) is 19.8. The van der Waals surface area contributed by atoms with Gasteiger partial charge < -0.3 is 29.0 Å². The van der Waals surface area contributed by atoms with Crippen LogP contribution in [0.3, 0.4) is 0 Å². The van der Waals surface area contributed by atoms with Gasteiger partial charge in [-0.25, -0.2) is 4.98 Å². The van der Waals surface area contributed by atoms with Crippen molar-refractivity contribution in [3.63, 3.8) is 0 Å². The van der Waals surface area contributed by atoms with Crippen LogP contribution in [-0.2, 0) is 31.1 Å². The van der Waals surface area contributed by atoms with E-state index < -0.39 is 8.07 Å². The number of fused-ring (bicyclic) bond motifs is 2. The van der Waals surface area contributed by atoms with Crippen molar-refractivity contribution in [3.05, 3.63) is 125 Å². The molecule has 0 bridgehead atoms. The van der Waals surface area contributed by atoms with E-state index in [4.69, 9.17) is 19.2 Å². The molecule has 6 aromatic rings. The van der Waals surface area contributed by atoms with Gasteiger partial charge in [-0.2, -0.15) is 5.26 Å². The van der Waals surface area contributed by atoms with E-state index in [9.17, 15) is 5.26 Å². The van der Waals surface area contributed by atoms with E-state index in [1.165, 1.54) is 0 Å². The molecule has 9 heteroatoms. The van der Waals surface area contributed by atoms with Gasteiger partial charge in [0.1, 0.15) is 30.1 Å². The summed E-state index contributed by atoms with van der Waals surface area (Å²) in [6.45, 7) is 12.2. The third-order valence-electron chi connectivity index (χ3n) is 9.22. The molecule has 0 spiro atoms. The first kappa shape index (κ1) is 35.5. The lowest BCUT2D eigenvalue weighted by atomic mass is 10.0. The van der Waals surface area contributed by atoms with E-state index in [0.29, 0.717) is 38.5 Å². The van der Waals surface area contributed by atoms with Crippen molar-refractivity contribution in [1.29, 1.82) is 5.26 Å². The Hall–Kier alpha value is -5.30. The van der Waals surface area contributed by atoms with E-state index in [1.54, 1.807) is 14.2 Å². The molecule has 0 saturated carbocycles. The van der Waals surface area contributed by atoms with Crippen molar-refractivity contribution in [3.8, 4) is 17.6 Å². The first-order valence-corrected chi connectivity index (χ1v) is 21.1. The van der Waals surface area contributed by atoms with E-state index in [-0.39, 0.29) is 0 Å². The fourth-order valence-electron chi connectivity index (χ4n) is 6.30. The minimum atomic E-state index is -1.25. The van der Waals surface area contributed by atoms with E-state index >= 15 is 0 Å². The largest absolute Gasteiger partial charge is 0.497 e. The van der Waals surface area contributed by atoms with Gasteiger partial charge in [0.15, 0.2) is 0 Å². The summed E-state index contributed by atoms with van der Waals surface area (Å²) < 4.78 is 19.4. The summed E-state index contributed by atoms with van der Waals surface area (Å²) in [4.78, 5) is 7.67. The van der Waals surface area contributed by atoms with Gasteiger partial charge in [0, 0.05) is 38.9 Å². The number of pyridine rings is 1. The number of aromatic nitrogens is 2. The van der Waals surface area contributed by atoms with Gasteiger partial charge in [-0.3, -0.25) is 0 Å². The number of rotatable bonds is 15. The Morgan fingerprint density at radius 1 is 0.843 bits per heavy atom. The molecule has 0 aliphatic rings. The van der Waals surface area contributed by atoms with Gasteiger partial charge in [0.2, 0.25) is 0 Å². The molecule has 51 heavy (non-hydrogen) atoms. The smallest absolute Gasteiger partial charge is 0.132 e. The SMILES string of the molecule is COc1ccc(CN(Cc2ccc(OC)cc2)c2nc3cc(CNc4ccc5ccccc5c4C#N)n(COCC[Si](C)(C)C)c3cc2C)cc1. The minimum absolute atomic E-state index is 0.426. The summed E-state index contributed by atoms with van der Waals surface area (Å²) in [5.74, 6) is 2.58. The van der Waals surface area contributed by atoms with Crippen molar-refractivity contribution < 1.29 is 14.2 Å². The van der Waals surface area contributed by atoms with Crippen LogP contribution in [0, 0.1) is 18.3 Å². The molecule has 0 amide bonds. The van der Waals surface area contributed by atoms with Crippen molar-refractivity contribution in [2.24, 2.45) is 0 Å². The normalized spacial score (nSPS) is 11.5. The number of nitrogens with zero attached hydrogens (tertiary/aromatic N) is 4. The highest BCUT2D eigenvalue weighted by Crippen LogP contribution is 2.31. The maximum Gasteiger partial charge on any atom is 0.132 e. The fourth-order valence-corrected chi connectivity index (χ4v) is 7.06. The molecule has 8 nitrogen and oxygen atoms in total. The van der Waals surface area contributed by atoms with Gasteiger partial charge in [-0.1, -0.05) is 74.2 Å². The number of anilines is 2. The highest BCUT2D eigenvalue weighted by atomic mass is 28.3. The monoisotopic (exact) mass is 697 g/mol. The Bertz CT molecular complexity index is 2100. The average Bonchev–Trinajstić information content (AvgIpc) is 3.47. The lowest BCUT2D eigenvalue weighted by Crippen LogP contribution is -2.24. The summed E-state index contributed by atoms with van der Waals surface area (Å²) in [6, 6.07) is 36.4. The van der Waals surface area contributed by atoms with Crippen LogP contribution in [0.25, 0.3) is 21.8 Å². The molecule has 0 atom stereocenters. The van der Waals surface area contributed by atoms with Gasteiger partial charge in [-0.05, 0) is 77.5 Å². The maximum atomic E-state index is 10.1. The fraction of sp³-hybridized carbons (Fsp3) is 0.286. The second-order valence-electron chi connectivity index (χ2n) is 14.2. The Labute approximate surface area is 302 Å². The molecule has 0 aliphatic carbocycles. The van der Waals surface area contributed by atoms with Crippen LogP contribution in [0.2, 0.25) is 25.7 Å². The number of hydrogen-bond acceptors (Lipinski definition) is 7. The third-order valence-corrected chi connectivity index (χ3v) is 10.9. The van der Waals surface area contributed by atoms with Crippen LogP contribution in [0.5, 0.6) is 11.5 Å². The lowest BCUT2D eigenvalue weighted by molar-refractivity contribution is 0.0886. The lowest BCUT2D eigenvalue weighted by Gasteiger charge is -2.26. The first-order chi connectivity index (χ1) is 24.6. The minimum Gasteiger partial charge on any atom is -0.497 e. The van der Waals surface area contributed by atoms with E-state index in [0.717, 1.165) is 73.2 Å². The Morgan fingerprint density at radius 2 is 1.49 bits per heavy atom. The summed E-state index contributed by atoms with van der Waals surface area (Å²) >= 11 is 0. The molecule has 0 radical (unpaired) electrons. The van der Waals surface area contributed by atoms with Crippen molar-refractivity contribution >= 4 is 41.4 Å². The zero-order valence-electron chi connectivity index (χ0n) is 30.5. The number of nitrogens with one attached hydrogen (secondary N) is 1. The molecule has 0 aliphatic heterocycles. The summed E-state index contributed by atoms with van der Waals surface area (Å²) in [7, 11) is 2.12. The van der Waals surface area contributed by atoms with Gasteiger partial charge >= 0.3 is 0 Å². The molecule has 0 fully saturated rings. The van der Waals surface area contributed by atoms with E-state index in [1.807, 2.05) is 54.6 Å². The van der Waals surface area contributed by atoms with Gasteiger partial charge in [-0.15, -0.1) is 0 Å². The summed E-state index contributed by atoms with van der Waals surface area (Å²) in [6.07, 6.45) is 0. The number of hydrogen-bond donors (Lipinski definition) is 1. The third kappa shape index (κ3) is 8.54. The Morgan fingerprint density at radius 3 is 2.10 bits per heavy atom. The van der Waals surface area contributed by atoms with Crippen molar-refractivity contribution in [2.75, 3.05) is 31.0 Å². The highest BCUT2D eigenvalue weighted by Gasteiger charge is 2.19. The highest BCUT2D eigenvalue weighted by molar-refractivity contribution is 6.76. The topological polar surface area (TPSA) is 84.6 Å². The van der Waals surface area contributed by atoms with E-state index in [2.05, 4.69) is 89.9 Å². The molecular weight excluding hydrogens is 651 g/mol. The molecule has 0 unspecified atom stereocenters. The molecule has 2 heterocycles. The molecule has 2 aromatic heterocycles. The second kappa shape index (κ2) is 15.7. The van der Waals surface area contributed by atoms with Crippen molar-refractivity contribution in [1.82, 2.24) is 9.55 Å². The number of ether oxygens (including phenoxy) is 3. The van der Waals surface area contributed by atoms with Crippen LogP contribution in [-0.4, -0.2) is 38.5 Å². The standard InChI is InChI=1S/C42H47N5O3Si/c1-30-23-41-40(45-42(30)46(27-31-11-16-35(48-2)17-12-31)28-32-13-18-36(49-3)19-14-32)24-34(47(41)29-50-21-22-51(4,5)6)26-44-39-20-15-33-9-7-8-10-37(33)38(39)25-43/h7-20,23-24,44H,21-22,26-29H2,1-6H3. The first-order valence-electron chi connectivity index (χ1n) is 17.4. The Kier molecular flexibility index (Phi) is 10.9. The predicted molar refractivity (Wildman–Crippen MR) is 210 cm³/mol. The van der Waals surface area contributed by atoms with Gasteiger partial charge in [0.25, 0.3) is 0 Å². The molecule has 1 N–H and O–H groups in total. The predicted octanol–water partition coefficient (Wildman–Crippen LogP) is 9.52. The number of benzene rings is 4. The maximum absolute atomic E-state index is 10.1. The number of methoxy groups -OCH3 is 2. The molecule has 6 rings (SSSR count). The Balaban J connectivity index is 1.36. The zero-order valence-corrected chi connectivity index (χ0v) is 31.5. The van der Waals surface area contributed by atoms with Gasteiger partial charge in [0.05, 0.1) is 43.0 Å². The van der Waals surface area contributed by atoms with Crippen LogP contribution < -0.4 is 19.7 Å². The average molecular weight is 698 g/mol. The molecule has 4 aromatic carbocycles. The summed E-state index contributed by atoms with van der Waals surface area (Å²) in [5, 5.41) is 15.7. The molecule has 0 saturated heterocycles. The number of aryl methyl sites for hydroxylation is 1. The number of nitriles is 1. The molecule has 262 valence electrons. The summed E-state index contributed by atoms with van der Waals surface area (Å²) in [5.41, 5.74) is 7.81. The quantitative estimate of drug-likeness (QED) is 0.0845. The van der Waals surface area contributed by atoms with Crippen LogP contribution in [0.1, 0.15) is 27.9 Å².